The van der Waals surface area contributed by atoms with Gasteiger partial charge in [-0.3, -0.25) is 18.6 Å². The molecule has 0 rings (SSSR count). The number of likely N-dealkylation sites (N-methyl/N-ethyl adjacent to an activating group) is 1. The van der Waals surface area contributed by atoms with E-state index in [-0.39, 0.29) is 25.6 Å². The molecule has 0 bridgehead atoms. The van der Waals surface area contributed by atoms with E-state index in [0.29, 0.717) is 23.9 Å². The lowest BCUT2D eigenvalue weighted by molar-refractivity contribution is -0.870. The molecule has 0 saturated carbocycles. The van der Waals surface area contributed by atoms with Gasteiger partial charge in [0.05, 0.1) is 27.7 Å². The van der Waals surface area contributed by atoms with Crippen molar-refractivity contribution in [2.24, 2.45) is 0 Å². The molecule has 2 unspecified atom stereocenters. The van der Waals surface area contributed by atoms with Crippen molar-refractivity contribution in [3.05, 3.63) is 12.2 Å². The van der Waals surface area contributed by atoms with Crippen LogP contribution in [-0.2, 0) is 32.7 Å². The van der Waals surface area contributed by atoms with Gasteiger partial charge in [-0.2, -0.15) is 0 Å². The lowest BCUT2D eigenvalue weighted by Gasteiger charge is -2.24. The van der Waals surface area contributed by atoms with Crippen LogP contribution < -0.4 is 0 Å². The summed E-state index contributed by atoms with van der Waals surface area (Å²) in [7, 11) is 1.49. The van der Waals surface area contributed by atoms with Gasteiger partial charge in [-0.1, -0.05) is 283 Å². The molecule has 0 aromatic heterocycles. The summed E-state index contributed by atoms with van der Waals surface area (Å²) in [5.41, 5.74) is 0. The molecule has 72 heavy (non-hydrogen) atoms. The maximum absolute atomic E-state index is 12.8. The summed E-state index contributed by atoms with van der Waals surface area (Å²) in [5, 5.41) is 0. The molecule has 0 aromatic rings. The van der Waals surface area contributed by atoms with Crippen molar-refractivity contribution >= 4 is 19.8 Å². The highest BCUT2D eigenvalue weighted by Crippen LogP contribution is 2.43. The van der Waals surface area contributed by atoms with E-state index in [1.54, 1.807) is 0 Å². The van der Waals surface area contributed by atoms with Gasteiger partial charge in [0, 0.05) is 12.8 Å². The third kappa shape index (κ3) is 58.0. The van der Waals surface area contributed by atoms with Crippen LogP contribution in [0.3, 0.4) is 0 Å². The van der Waals surface area contributed by atoms with Crippen LogP contribution >= 0.6 is 7.82 Å². The molecule has 0 saturated heterocycles. The van der Waals surface area contributed by atoms with E-state index in [0.717, 1.165) is 51.4 Å². The fourth-order valence-corrected chi connectivity index (χ4v) is 10.2. The summed E-state index contributed by atoms with van der Waals surface area (Å²) in [6, 6.07) is 0. The van der Waals surface area contributed by atoms with E-state index in [4.69, 9.17) is 18.5 Å². The van der Waals surface area contributed by atoms with E-state index in [1.165, 1.54) is 238 Å². The summed E-state index contributed by atoms with van der Waals surface area (Å²) in [6.45, 7) is 4.48. The maximum Gasteiger partial charge on any atom is 0.472 e. The highest BCUT2D eigenvalue weighted by atomic mass is 31.2. The zero-order valence-corrected chi connectivity index (χ0v) is 49.6. The Morgan fingerprint density at radius 1 is 0.417 bits per heavy atom. The summed E-state index contributed by atoms with van der Waals surface area (Å²) in [6.07, 6.45) is 64.5. The Labute approximate surface area is 447 Å². The fraction of sp³-hybridized carbons (Fsp3) is 0.935. The Bertz CT molecular complexity index is 1220. The first-order valence-corrected chi connectivity index (χ1v) is 32.9. The number of carbonyl (C=O) groups excluding carboxylic acids is 2. The minimum atomic E-state index is -4.38. The summed E-state index contributed by atoms with van der Waals surface area (Å²) < 4.78 is 34.6. The van der Waals surface area contributed by atoms with E-state index < -0.39 is 26.5 Å². The van der Waals surface area contributed by atoms with Crippen molar-refractivity contribution in [2.45, 2.75) is 328 Å². The average molecular weight is 1040 g/mol. The third-order valence-electron chi connectivity index (χ3n) is 14.3. The number of rotatable bonds is 59. The Hall–Kier alpha value is -1.25. The molecular formula is C62H123NO8P+. The molecule has 0 amide bonds. The predicted octanol–water partition coefficient (Wildman–Crippen LogP) is 19.6. The quantitative estimate of drug-likeness (QED) is 0.0211. The summed E-state index contributed by atoms with van der Waals surface area (Å²) in [5.74, 6) is -0.788. The van der Waals surface area contributed by atoms with Crippen LogP contribution in [0.5, 0.6) is 0 Å². The van der Waals surface area contributed by atoms with Gasteiger partial charge < -0.3 is 18.9 Å². The molecule has 1 N–H and O–H groups in total. The number of hydrogen-bond donors (Lipinski definition) is 1. The van der Waals surface area contributed by atoms with Gasteiger partial charge in [0.1, 0.15) is 19.8 Å². The number of hydrogen-bond acceptors (Lipinski definition) is 7. The second-order valence-corrected chi connectivity index (χ2v) is 24.3. The largest absolute Gasteiger partial charge is 0.472 e. The second kappa shape index (κ2) is 54.5. The number of phosphoric ester groups is 1. The number of carbonyl (C=O) groups is 2. The molecule has 0 fully saturated rings. The molecule has 0 spiro atoms. The highest BCUT2D eigenvalue weighted by molar-refractivity contribution is 7.47. The molecule has 9 nitrogen and oxygen atoms in total. The topological polar surface area (TPSA) is 108 Å². The van der Waals surface area contributed by atoms with E-state index >= 15 is 0 Å². The lowest BCUT2D eigenvalue weighted by Crippen LogP contribution is -2.37. The number of phosphoric acid groups is 1. The van der Waals surface area contributed by atoms with Crippen LogP contribution in [0.15, 0.2) is 12.2 Å². The molecule has 0 aliphatic rings. The third-order valence-corrected chi connectivity index (χ3v) is 15.3. The standard InChI is InChI=1S/C62H122NO8P/c1-6-8-10-12-14-16-18-20-22-24-25-26-27-28-29-30-31-32-33-34-35-36-37-38-39-41-42-44-46-48-50-52-54-61(64)68-58-60(59-70-72(66,67)69-57-56-63(3,4)5)71-62(65)55-53-51-49-47-45-43-40-23-21-19-17-15-13-11-9-7-2/h23,40,60H,6-22,24-39,41-59H2,1-5H3/p+1/b40-23-. The Morgan fingerprint density at radius 2 is 0.708 bits per heavy atom. The first-order valence-electron chi connectivity index (χ1n) is 31.4. The molecule has 0 aromatic carbocycles. The summed E-state index contributed by atoms with van der Waals surface area (Å²) in [4.78, 5) is 35.7. The first kappa shape index (κ1) is 70.8. The molecule has 10 heteroatoms. The zero-order valence-electron chi connectivity index (χ0n) is 48.7. The first-order chi connectivity index (χ1) is 35.0. The van der Waals surface area contributed by atoms with E-state index in [1.807, 2.05) is 21.1 Å². The molecule has 0 heterocycles. The van der Waals surface area contributed by atoms with Gasteiger partial charge in [0.2, 0.25) is 0 Å². The number of ether oxygens (including phenoxy) is 2. The van der Waals surface area contributed by atoms with E-state index in [2.05, 4.69) is 26.0 Å². The van der Waals surface area contributed by atoms with Crippen LogP contribution in [0.4, 0.5) is 0 Å². The summed E-state index contributed by atoms with van der Waals surface area (Å²) >= 11 is 0. The molecule has 0 radical (unpaired) electrons. The van der Waals surface area contributed by atoms with Gasteiger partial charge in [0.15, 0.2) is 6.10 Å². The Balaban J connectivity index is 3.96. The van der Waals surface area contributed by atoms with Crippen LogP contribution in [0.2, 0.25) is 0 Å². The fourth-order valence-electron chi connectivity index (χ4n) is 9.43. The predicted molar refractivity (Wildman–Crippen MR) is 308 cm³/mol. The van der Waals surface area contributed by atoms with E-state index in [9.17, 15) is 19.0 Å². The van der Waals surface area contributed by atoms with Crippen molar-refractivity contribution < 1.29 is 42.1 Å². The van der Waals surface area contributed by atoms with Gasteiger partial charge >= 0.3 is 19.8 Å². The number of allylic oxidation sites excluding steroid dienone is 2. The number of quaternary nitrogens is 1. The molecule has 0 aliphatic heterocycles. The van der Waals surface area contributed by atoms with Gasteiger partial charge in [-0.15, -0.1) is 0 Å². The average Bonchev–Trinajstić information content (AvgIpc) is 3.34. The Kier molecular flexibility index (Phi) is 53.6. The van der Waals surface area contributed by atoms with Crippen molar-refractivity contribution in [3.8, 4) is 0 Å². The molecule has 2 atom stereocenters. The monoisotopic (exact) mass is 1040 g/mol. The van der Waals surface area contributed by atoms with Crippen molar-refractivity contribution in [1.29, 1.82) is 0 Å². The molecular weight excluding hydrogens is 918 g/mol. The number of unbranched alkanes of at least 4 members (excludes halogenated alkanes) is 43. The van der Waals surface area contributed by atoms with Crippen molar-refractivity contribution in [1.82, 2.24) is 0 Å². The van der Waals surface area contributed by atoms with Crippen LogP contribution in [0.25, 0.3) is 0 Å². The smallest absolute Gasteiger partial charge is 0.462 e. The number of esters is 2. The van der Waals surface area contributed by atoms with Gasteiger partial charge in [0.25, 0.3) is 0 Å². The van der Waals surface area contributed by atoms with Gasteiger partial charge in [-0.25, -0.2) is 4.57 Å². The van der Waals surface area contributed by atoms with Crippen LogP contribution in [0.1, 0.15) is 322 Å². The normalized spacial score (nSPS) is 13.2. The van der Waals surface area contributed by atoms with Crippen LogP contribution in [0, 0.1) is 0 Å². The van der Waals surface area contributed by atoms with Gasteiger partial charge in [-0.05, 0) is 38.5 Å². The SMILES string of the molecule is CCCCCCCCC/C=C\CCCCCCCC(=O)OC(COC(=O)CCCCCCCCCCCCCCCCCCCCCCCCCCCCCCCCCC)COP(=O)(O)OCC[N+](C)(C)C. The molecule has 428 valence electrons. The Morgan fingerprint density at radius 3 is 1.03 bits per heavy atom. The van der Waals surface area contributed by atoms with Crippen molar-refractivity contribution in [2.75, 3.05) is 47.5 Å². The van der Waals surface area contributed by atoms with Crippen molar-refractivity contribution in [3.63, 3.8) is 0 Å². The number of nitrogens with zero attached hydrogens (tertiary/aromatic N) is 1. The minimum Gasteiger partial charge on any atom is -0.462 e. The zero-order chi connectivity index (χ0) is 52.7. The second-order valence-electron chi connectivity index (χ2n) is 22.8. The van der Waals surface area contributed by atoms with Crippen LogP contribution in [-0.4, -0.2) is 74.9 Å². The lowest BCUT2D eigenvalue weighted by atomic mass is 10.0. The maximum atomic E-state index is 12.8. The highest BCUT2D eigenvalue weighted by Gasteiger charge is 2.27. The molecule has 0 aliphatic carbocycles. The minimum absolute atomic E-state index is 0.0337.